The van der Waals surface area contributed by atoms with E-state index >= 15 is 0 Å². The molecule has 1 aromatic carbocycles. The molecule has 3 aromatic rings. The van der Waals surface area contributed by atoms with Gasteiger partial charge in [-0.25, -0.2) is 9.97 Å². The number of aryl methyl sites for hydroxylation is 3. The summed E-state index contributed by atoms with van der Waals surface area (Å²) in [6.45, 7) is 5.09. The van der Waals surface area contributed by atoms with Crippen molar-refractivity contribution < 1.29 is 27.5 Å². The van der Waals surface area contributed by atoms with E-state index < -0.39 is 12.2 Å². The average molecular weight is 387 g/mol. The first-order chi connectivity index (χ1) is 13.2. The first-order valence-electron chi connectivity index (χ1n) is 8.34. The standard InChI is InChI=1S/C19H15F2N3O4/c1-9-6-14-15(28-19(20,21)27-14)7-13(9)12-4-5-16(22-8-12)24-18(25)17-10(2)23-11(3)26-17/h4-8H,1-3H3,(H,22,24,25). The van der Waals surface area contributed by atoms with Crippen LogP contribution in [0.3, 0.4) is 0 Å². The zero-order valence-corrected chi connectivity index (χ0v) is 15.2. The molecule has 7 nitrogen and oxygen atoms in total. The summed E-state index contributed by atoms with van der Waals surface area (Å²) >= 11 is 0. The van der Waals surface area contributed by atoms with Gasteiger partial charge in [-0.1, -0.05) is 0 Å². The van der Waals surface area contributed by atoms with Crippen molar-refractivity contribution in [1.29, 1.82) is 0 Å². The number of nitrogens with one attached hydrogen (secondary N) is 1. The van der Waals surface area contributed by atoms with Crippen molar-refractivity contribution in [3.63, 3.8) is 0 Å². The van der Waals surface area contributed by atoms with Crippen LogP contribution in [0, 0.1) is 20.8 Å². The zero-order chi connectivity index (χ0) is 20.1. The third kappa shape index (κ3) is 3.26. The largest absolute Gasteiger partial charge is 0.586 e. The Labute approximate surface area is 158 Å². The lowest BCUT2D eigenvalue weighted by atomic mass is 10.0. The highest BCUT2D eigenvalue weighted by Crippen LogP contribution is 2.44. The number of ether oxygens (including phenoxy) is 2. The number of nitrogens with zero attached hydrogens (tertiary/aromatic N) is 2. The van der Waals surface area contributed by atoms with Crippen LogP contribution in [-0.4, -0.2) is 22.2 Å². The van der Waals surface area contributed by atoms with Gasteiger partial charge in [0.15, 0.2) is 17.4 Å². The van der Waals surface area contributed by atoms with Crippen LogP contribution in [0.1, 0.15) is 27.7 Å². The normalized spacial score (nSPS) is 14.2. The number of benzene rings is 1. The molecule has 1 amide bonds. The van der Waals surface area contributed by atoms with Gasteiger partial charge in [-0.3, -0.25) is 4.79 Å². The smallest absolute Gasteiger partial charge is 0.436 e. The maximum absolute atomic E-state index is 13.2. The van der Waals surface area contributed by atoms with Gasteiger partial charge in [-0.15, -0.1) is 8.78 Å². The number of rotatable bonds is 3. The van der Waals surface area contributed by atoms with E-state index in [4.69, 9.17) is 4.42 Å². The molecule has 3 heterocycles. The summed E-state index contributed by atoms with van der Waals surface area (Å²) in [6, 6.07) is 6.27. The predicted octanol–water partition coefficient (Wildman–Crippen LogP) is 4.24. The molecule has 0 radical (unpaired) electrons. The van der Waals surface area contributed by atoms with E-state index in [0.29, 0.717) is 34.1 Å². The van der Waals surface area contributed by atoms with Crippen LogP contribution < -0.4 is 14.8 Å². The fraction of sp³-hybridized carbons (Fsp3) is 0.211. The molecule has 2 aromatic heterocycles. The van der Waals surface area contributed by atoms with E-state index in [2.05, 4.69) is 24.8 Å². The van der Waals surface area contributed by atoms with Crippen LogP contribution in [0.15, 0.2) is 34.9 Å². The summed E-state index contributed by atoms with van der Waals surface area (Å²) in [4.78, 5) is 20.5. The molecular formula is C19H15F2N3O4. The second-order valence-electron chi connectivity index (χ2n) is 6.32. The van der Waals surface area contributed by atoms with E-state index in [1.54, 1.807) is 32.9 Å². The van der Waals surface area contributed by atoms with Gasteiger partial charge in [-0.2, -0.15) is 0 Å². The minimum absolute atomic E-state index is 0.0131. The van der Waals surface area contributed by atoms with Crippen molar-refractivity contribution >= 4 is 11.7 Å². The molecule has 0 aliphatic carbocycles. The molecule has 9 heteroatoms. The quantitative estimate of drug-likeness (QED) is 0.724. The van der Waals surface area contributed by atoms with Gasteiger partial charge in [0.2, 0.25) is 5.76 Å². The van der Waals surface area contributed by atoms with Crippen molar-refractivity contribution in [1.82, 2.24) is 9.97 Å². The third-order valence-electron chi connectivity index (χ3n) is 4.17. The minimum atomic E-state index is -3.67. The van der Waals surface area contributed by atoms with Crippen molar-refractivity contribution in [3.8, 4) is 22.6 Å². The minimum Gasteiger partial charge on any atom is -0.436 e. The third-order valence-corrected chi connectivity index (χ3v) is 4.17. The number of aromatic nitrogens is 2. The molecule has 0 bridgehead atoms. The second kappa shape index (κ2) is 6.29. The zero-order valence-electron chi connectivity index (χ0n) is 15.2. The summed E-state index contributed by atoms with van der Waals surface area (Å²) < 4.78 is 40.7. The Bertz CT molecular complexity index is 1080. The molecule has 0 saturated carbocycles. The summed E-state index contributed by atoms with van der Waals surface area (Å²) in [5.74, 6) is 0.317. The molecular weight excluding hydrogens is 372 g/mol. The van der Waals surface area contributed by atoms with Crippen molar-refractivity contribution in [2.24, 2.45) is 0 Å². The molecule has 1 aliphatic heterocycles. The molecule has 28 heavy (non-hydrogen) atoms. The Balaban J connectivity index is 1.56. The van der Waals surface area contributed by atoms with E-state index in [-0.39, 0.29) is 17.3 Å². The van der Waals surface area contributed by atoms with E-state index in [0.717, 1.165) is 0 Å². The van der Waals surface area contributed by atoms with Crippen LogP contribution >= 0.6 is 0 Å². The molecule has 0 atom stereocenters. The lowest BCUT2D eigenvalue weighted by molar-refractivity contribution is -0.286. The number of pyridine rings is 1. The Morgan fingerprint density at radius 1 is 1.11 bits per heavy atom. The van der Waals surface area contributed by atoms with Gasteiger partial charge in [0.25, 0.3) is 5.91 Å². The predicted molar refractivity (Wildman–Crippen MR) is 94.5 cm³/mol. The Morgan fingerprint density at radius 2 is 1.82 bits per heavy atom. The van der Waals surface area contributed by atoms with E-state index in [1.807, 2.05) is 0 Å². The van der Waals surface area contributed by atoms with Crippen LogP contribution in [-0.2, 0) is 0 Å². The van der Waals surface area contributed by atoms with E-state index in [1.165, 1.54) is 18.3 Å². The number of oxazole rings is 1. The van der Waals surface area contributed by atoms with Crippen molar-refractivity contribution in [2.45, 2.75) is 27.1 Å². The molecule has 4 rings (SSSR count). The number of hydrogen-bond acceptors (Lipinski definition) is 6. The summed E-state index contributed by atoms with van der Waals surface area (Å²) in [6.07, 6.45) is -2.15. The molecule has 1 aliphatic rings. The number of fused-ring (bicyclic) bond motifs is 1. The Morgan fingerprint density at radius 3 is 2.43 bits per heavy atom. The second-order valence-corrected chi connectivity index (χ2v) is 6.32. The molecule has 0 fully saturated rings. The van der Waals surface area contributed by atoms with Gasteiger partial charge >= 0.3 is 6.29 Å². The highest BCUT2D eigenvalue weighted by molar-refractivity contribution is 6.02. The number of alkyl halides is 2. The fourth-order valence-electron chi connectivity index (χ4n) is 2.95. The van der Waals surface area contributed by atoms with Gasteiger partial charge in [0.05, 0.1) is 5.69 Å². The average Bonchev–Trinajstić information content (AvgIpc) is 3.11. The van der Waals surface area contributed by atoms with Gasteiger partial charge < -0.3 is 19.2 Å². The fourth-order valence-corrected chi connectivity index (χ4v) is 2.95. The summed E-state index contributed by atoms with van der Waals surface area (Å²) in [5, 5.41) is 2.63. The van der Waals surface area contributed by atoms with Crippen LogP contribution in [0.5, 0.6) is 11.5 Å². The summed E-state index contributed by atoms with van der Waals surface area (Å²) in [5.41, 5.74) is 2.53. The number of halogens is 2. The lowest BCUT2D eigenvalue weighted by Gasteiger charge is -2.08. The SMILES string of the molecule is Cc1nc(C)c(C(=O)Nc2ccc(-c3cc4c(cc3C)OC(F)(F)O4)cn2)o1. The molecule has 0 spiro atoms. The van der Waals surface area contributed by atoms with Gasteiger partial charge in [-0.05, 0) is 49.2 Å². The highest BCUT2D eigenvalue weighted by atomic mass is 19.3. The van der Waals surface area contributed by atoms with Gasteiger partial charge in [0.1, 0.15) is 5.82 Å². The molecule has 0 saturated heterocycles. The first-order valence-corrected chi connectivity index (χ1v) is 8.34. The Hall–Kier alpha value is -3.49. The highest BCUT2D eigenvalue weighted by Gasteiger charge is 2.43. The van der Waals surface area contributed by atoms with Crippen LogP contribution in [0.2, 0.25) is 0 Å². The number of hydrogen-bond donors (Lipinski definition) is 1. The number of carbonyl (C=O) groups is 1. The van der Waals surface area contributed by atoms with Crippen molar-refractivity contribution in [3.05, 3.63) is 53.4 Å². The van der Waals surface area contributed by atoms with Crippen molar-refractivity contribution in [2.75, 3.05) is 5.32 Å². The van der Waals surface area contributed by atoms with Gasteiger partial charge in [0, 0.05) is 18.7 Å². The summed E-state index contributed by atoms with van der Waals surface area (Å²) in [7, 11) is 0. The molecule has 144 valence electrons. The lowest BCUT2D eigenvalue weighted by Crippen LogP contribution is -2.25. The monoisotopic (exact) mass is 387 g/mol. The molecule has 1 N–H and O–H groups in total. The van der Waals surface area contributed by atoms with Crippen LogP contribution in [0.4, 0.5) is 14.6 Å². The number of amides is 1. The Kier molecular flexibility index (Phi) is 4.02. The van der Waals surface area contributed by atoms with Crippen LogP contribution in [0.25, 0.3) is 11.1 Å². The van der Waals surface area contributed by atoms with E-state index in [9.17, 15) is 13.6 Å². The first kappa shape index (κ1) is 17.9. The topological polar surface area (TPSA) is 86.5 Å². The maximum Gasteiger partial charge on any atom is 0.586 e. The number of anilines is 1. The number of carbonyl (C=O) groups excluding carboxylic acids is 1. The maximum atomic E-state index is 13.2. The molecule has 0 unspecified atom stereocenters.